The molecule has 1 heterocycles. The van der Waals surface area contributed by atoms with Gasteiger partial charge in [0.1, 0.15) is 0 Å². The molecule has 0 N–H and O–H groups in total. The molecule has 0 amide bonds. The van der Waals surface area contributed by atoms with Crippen molar-refractivity contribution in [1.29, 1.82) is 0 Å². The third-order valence-corrected chi connectivity index (χ3v) is 4.17. The number of ether oxygens (including phenoxy) is 1. The number of carbonyl (C=O) groups is 1. The summed E-state index contributed by atoms with van der Waals surface area (Å²) in [6, 6.07) is 9.61. The number of esters is 1. The van der Waals surface area contributed by atoms with Crippen LogP contribution in [0.3, 0.4) is 0 Å². The molecule has 0 saturated heterocycles. The molecule has 1 atom stereocenters. The van der Waals surface area contributed by atoms with Crippen molar-refractivity contribution in [2.45, 2.75) is 31.6 Å². The van der Waals surface area contributed by atoms with Crippen molar-refractivity contribution in [3.8, 4) is 0 Å². The smallest absolute Gasteiger partial charge is 0.337 e. The zero-order chi connectivity index (χ0) is 14.8. The zero-order valence-electron chi connectivity index (χ0n) is 12.3. The minimum Gasteiger partial charge on any atom is -0.465 e. The molecule has 3 heteroatoms. The number of fused-ring (bicyclic) bond motifs is 1. The van der Waals surface area contributed by atoms with Gasteiger partial charge < -0.3 is 4.74 Å². The number of rotatable bonds is 2. The van der Waals surface area contributed by atoms with Gasteiger partial charge in [0.25, 0.3) is 0 Å². The number of aromatic nitrogens is 1. The van der Waals surface area contributed by atoms with Crippen LogP contribution in [0.2, 0.25) is 0 Å². The van der Waals surface area contributed by atoms with E-state index in [0.29, 0.717) is 11.5 Å². The van der Waals surface area contributed by atoms with Gasteiger partial charge in [0.05, 0.1) is 18.2 Å². The van der Waals surface area contributed by atoms with Gasteiger partial charge in [-0.2, -0.15) is 0 Å². The third kappa shape index (κ3) is 2.82. The van der Waals surface area contributed by atoms with E-state index in [1.54, 1.807) is 6.07 Å². The van der Waals surface area contributed by atoms with E-state index in [4.69, 9.17) is 9.72 Å². The van der Waals surface area contributed by atoms with Crippen LogP contribution in [-0.4, -0.2) is 18.1 Å². The highest BCUT2D eigenvalue weighted by molar-refractivity contribution is 5.94. The van der Waals surface area contributed by atoms with Gasteiger partial charge in [-0.05, 0) is 49.9 Å². The highest BCUT2D eigenvalue weighted by atomic mass is 16.5. The number of hydrogen-bond acceptors (Lipinski definition) is 3. The second-order valence-corrected chi connectivity index (χ2v) is 5.68. The number of pyridine rings is 1. The summed E-state index contributed by atoms with van der Waals surface area (Å²) in [4.78, 5) is 16.3. The summed E-state index contributed by atoms with van der Waals surface area (Å²) in [5.74, 6) is 0.167. The summed E-state index contributed by atoms with van der Waals surface area (Å²) >= 11 is 0. The molecule has 108 valence electrons. The Bertz CT molecular complexity index is 705. The van der Waals surface area contributed by atoms with E-state index in [1.165, 1.54) is 25.5 Å². The largest absolute Gasteiger partial charge is 0.465 e. The normalized spacial score (nSPS) is 18.7. The molecule has 3 rings (SSSR count). The maximum Gasteiger partial charge on any atom is 0.337 e. The maximum atomic E-state index is 11.6. The fourth-order valence-corrected chi connectivity index (χ4v) is 3.02. The second-order valence-electron chi connectivity index (χ2n) is 5.68. The molecule has 1 unspecified atom stereocenters. The molecule has 1 aliphatic rings. The Morgan fingerprint density at radius 3 is 2.95 bits per heavy atom. The predicted molar refractivity (Wildman–Crippen MR) is 83.4 cm³/mol. The lowest BCUT2D eigenvalue weighted by molar-refractivity contribution is 0.0601. The first kappa shape index (κ1) is 13.8. The highest BCUT2D eigenvalue weighted by Crippen LogP contribution is 2.34. The number of nitrogens with zero attached hydrogens (tertiary/aromatic N) is 1. The Morgan fingerprint density at radius 2 is 2.19 bits per heavy atom. The molecule has 0 radical (unpaired) electrons. The molecule has 1 saturated carbocycles. The van der Waals surface area contributed by atoms with Gasteiger partial charge in [0.2, 0.25) is 0 Å². The third-order valence-electron chi connectivity index (χ3n) is 4.17. The van der Waals surface area contributed by atoms with Crippen LogP contribution >= 0.6 is 0 Å². The van der Waals surface area contributed by atoms with Gasteiger partial charge in [0.15, 0.2) is 0 Å². The van der Waals surface area contributed by atoms with Crippen LogP contribution in [0.4, 0.5) is 0 Å². The number of benzene rings is 1. The molecule has 1 fully saturated rings. The van der Waals surface area contributed by atoms with E-state index in [-0.39, 0.29) is 5.97 Å². The molecule has 1 aromatic heterocycles. The molecule has 0 spiro atoms. The molecule has 3 nitrogen and oxygen atoms in total. The van der Waals surface area contributed by atoms with Crippen LogP contribution < -0.4 is 0 Å². The lowest BCUT2D eigenvalue weighted by atomic mass is 9.84. The van der Waals surface area contributed by atoms with Gasteiger partial charge in [0, 0.05) is 17.0 Å². The number of methoxy groups -OCH3 is 1. The average molecular weight is 281 g/mol. The molecule has 21 heavy (non-hydrogen) atoms. The van der Waals surface area contributed by atoms with Crippen molar-refractivity contribution in [2.75, 3.05) is 7.11 Å². The number of carbonyl (C=O) groups excluding carboxylic acids is 1. The molecule has 1 aliphatic carbocycles. The summed E-state index contributed by atoms with van der Waals surface area (Å²) in [6.45, 7) is 4.11. The number of hydrogen-bond donors (Lipinski definition) is 0. The minimum absolute atomic E-state index is 0.315. The van der Waals surface area contributed by atoms with E-state index >= 15 is 0 Å². The average Bonchev–Trinajstić information content (AvgIpc) is 2.53. The van der Waals surface area contributed by atoms with Crippen LogP contribution in [0, 0.1) is 0 Å². The van der Waals surface area contributed by atoms with Crippen LogP contribution in [0.15, 0.2) is 42.5 Å². The Balaban J connectivity index is 1.93. The zero-order valence-corrected chi connectivity index (χ0v) is 12.3. The van der Waals surface area contributed by atoms with Crippen molar-refractivity contribution in [3.63, 3.8) is 0 Å². The van der Waals surface area contributed by atoms with E-state index in [1.807, 2.05) is 18.2 Å². The predicted octanol–water partition coefficient (Wildman–Crippen LogP) is 4.24. The molecular formula is C18H19NO2. The van der Waals surface area contributed by atoms with E-state index < -0.39 is 0 Å². The van der Waals surface area contributed by atoms with Gasteiger partial charge in [-0.15, -0.1) is 0 Å². The van der Waals surface area contributed by atoms with Crippen LogP contribution in [0.1, 0.15) is 47.7 Å². The maximum absolute atomic E-state index is 11.6. The molecule has 2 aromatic rings. The lowest BCUT2D eigenvalue weighted by Crippen LogP contribution is -2.08. The lowest BCUT2D eigenvalue weighted by Gasteiger charge is -2.23. The van der Waals surface area contributed by atoms with E-state index in [9.17, 15) is 4.79 Å². The fourth-order valence-electron chi connectivity index (χ4n) is 3.02. The monoisotopic (exact) mass is 281 g/mol. The molecule has 0 aliphatic heterocycles. The Morgan fingerprint density at radius 1 is 1.33 bits per heavy atom. The van der Waals surface area contributed by atoms with E-state index in [2.05, 4.69) is 12.6 Å². The first-order chi connectivity index (χ1) is 10.2. The van der Waals surface area contributed by atoms with E-state index in [0.717, 1.165) is 29.4 Å². The number of allylic oxidation sites excluding steroid dienone is 1. The quantitative estimate of drug-likeness (QED) is 0.610. The summed E-state index contributed by atoms with van der Waals surface area (Å²) in [6.07, 6.45) is 4.56. The molecule has 1 aromatic carbocycles. The van der Waals surface area contributed by atoms with Crippen molar-refractivity contribution in [3.05, 3.63) is 53.7 Å². The van der Waals surface area contributed by atoms with Crippen LogP contribution in [0.5, 0.6) is 0 Å². The Labute approximate surface area is 124 Å². The summed E-state index contributed by atoms with van der Waals surface area (Å²) in [5.41, 5.74) is 3.95. The SMILES string of the molecule is C=C1CCCC(c2ccc3cc(C(=O)OC)ccc3n2)C1. The first-order valence-electron chi connectivity index (χ1n) is 7.33. The Kier molecular flexibility index (Phi) is 3.74. The van der Waals surface area contributed by atoms with Crippen LogP contribution in [0.25, 0.3) is 10.9 Å². The van der Waals surface area contributed by atoms with Crippen molar-refractivity contribution in [2.24, 2.45) is 0 Å². The molecular weight excluding hydrogens is 262 g/mol. The molecule has 0 bridgehead atoms. The van der Waals surface area contributed by atoms with Crippen molar-refractivity contribution in [1.82, 2.24) is 4.98 Å². The highest BCUT2D eigenvalue weighted by Gasteiger charge is 2.19. The van der Waals surface area contributed by atoms with Gasteiger partial charge in [-0.1, -0.05) is 18.2 Å². The fraction of sp³-hybridized carbons (Fsp3) is 0.333. The summed E-state index contributed by atoms with van der Waals surface area (Å²) in [5, 5.41) is 0.969. The van der Waals surface area contributed by atoms with Crippen molar-refractivity contribution < 1.29 is 9.53 Å². The Hall–Kier alpha value is -2.16. The van der Waals surface area contributed by atoms with Gasteiger partial charge >= 0.3 is 5.97 Å². The van der Waals surface area contributed by atoms with Crippen LogP contribution in [-0.2, 0) is 4.74 Å². The standard InChI is InChI=1S/C18H19NO2/c1-12-4-3-5-13(10-12)16-8-6-14-11-15(18(20)21-2)7-9-17(14)19-16/h6-9,11,13H,1,3-5,10H2,2H3. The van der Waals surface area contributed by atoms with Gasteiger partial charge in [-0.3, -0.25) is 4.98 Å². The van der Waals surface area contributed by atoms with Gasteiger partial charge in [-0.25, -0.2) is 4.79 Å². The topological polar surface area (TPSA) is 39.2 Å². The first-order valence-corrected chi connectivity index (χ1v) is 7.33. The summed E-state index contributed by atoms with van der Waals surface area (Å²) in [7, 11) is 1.39. The summed E-state index contributed by atoms with van der Waals surface area (Å²) < 4.78 is 4.75. The minimum atomic E-state index is -0.315. The van der Waals surface area contributed by atoms with Crippen molar-refractivity contribution >= 4 is 16.9 Å². The second kappa shape index (κ2) is 5.68.